The first-order chi connectivity index (χ1) is 9.63. The predicted octanol–water partition coefficient (Wildman–Crippen LogP) is 3.00. The molecule has 1 aromatic heterocycles. The van der Waals surface area contributed by atoms with Crippen LogP contribution < -0.4 is 0 Å². The van der Waals surface area contributed by atoms with Crippen molar-refractivity contribution >= 4 is 11.6 Å². The summed E-state index contributed by atoms with van der Waals surface area (Å²) >= 11 is 5.84. The molecule has 3 rings (SSSR count). The van der Waals surface area contributed by atoms with Crippen LogP contribution in [-0.2, 0) is 0 Å². The van der Waals surface area contributed by atoms with Crippen molar-refractivity contribution in [3.05, 3.63) is 53.7 Å². The van der Waals surface area contributed by atoms with Crippen LogP contribution in [0.5, 0.6) is 11.5 Å². The predicted molar refractivity (Wildman–Crippen MR) is 75.1 cm³/mol. The van der Waals surface area contributed by atoms with E-state index >= 15 is 0 Å². The van der Waals surface area contributed by atoms with Crippen LogP contribution in [0, 0.1) is 0 Å². The molecule has 0 aliphatic carbocycles. The van der Waals surface area contributed by atoms with Crippen molar-refractivity contribution in [1.29, 1.82) is 0 Å². The summed E-state index contributed by atoms with van der Waals surface area (Å²) in [6.07, 6.45) is 1.73. The quantitative estimate of drug-likeness (QED) is 0.711. The zero-order valence-electron chi connectivity index (χ0n) is 10.2. The van der Waals surface area contributed by atoms with Crippen molar-refractivity contribution in [2.75, 3.05) is 0 Å². The van der Waals surface area contributed by atoms with Crippen LogP contribution in [0.25, 0.3) is 16.9 Å². The van der Waals surface area contributed by atoms with E-state index in [1.54, 1.807) is 29.1 Å². The van der Waals surface area contributed by atoms with Gasteiger partial charge in [0.1, 0.15) is 5.69 Å². The summed E-state index contributed by atoms with van der Waals surface area (Å²) in [5.74, 6) is -0.359. The van der Waals surface area contributed by atoms with Crippen LogP contribution >= 0.6 is 11.6 Å². The van der Waals surface area contributed by atoms with Crippen molar-refractivity contribution in [3.8, 4) is 28.4 Å². The van der Waals surface area contributed by atoms with Gasteiger partial charge >= 0.3 is 0 Å². The second kappa shape index (κ2) is 4.86. The zero-order valence-corrected chi connectivity index (χ0v) is 11.0. The molecule has 0 saturated carbocycles. The van der Waals surface area contributed by atoms with Crippen LogP contribution in [0.3, 0.4) is 0 Å². The Morgan fingerprint density at radius 3 is 2.40 bits per heavy atom. The van der Waals surface area contributed by atoms with Crippen molar-refractivity contribution in [2.24, 2.45) is 0 Å². The van der Waals surface area contributed by atoms with Crippen LogP contribution in [-0.4, -0.2) is 25.2 Å². The van der Waals surface area contributed by atoms with Gasteiger partial charge in [-0.3, -0.25) is 0 Å². The SMILES string of the molecule is Oc1ccc(-c2cn(-c3ccc(Cl)cc3)nn2)cc1O. The minimum atomic E-state index is -0.191. The van der Waals surface area contributed by atoms with E-state index in [0.29, 0.717) is 16.3 Å². The number of nitrogens with zero attached hydrogens (tertiary/aromatic N) is 3. The Kier molecular flexibility index (Phi) is 3.04. The molecule has 2 aromatic carbocycles. The molecule has 0 amide bonds. The Hall–Kier alpha value is -2.53. The molecule has 0 bridgehead atoms. The molecule has 0 fully saturated rings. The molecule has 100 valence electrons. The van der Waals surface area contributed by atoms with E-state index in [-0.39, 0.29) is 11.5 Å². The number of phenols is 2. The number of hydrogen-bond acceptors (Lipinski definition) is 4. The Labute approximate surface area is 119 Å². The van der Waals surface area contributed by atoms with Gasteiger partial charge in [0.15, 0.2) is 11.5 Å². The largest absolute Gasteiger partial charge is 0.504 e. The molecule has 0 atom stereocenters. The minimum absolute atomic E-state index is 0.168. The fourth-order valence-electron chi connectivity index (χ4n) is 1.80. The molecule has 0 aliphatic rings. The average molecular weight is 288 g/mol. The fourth-order valence-corrected chi connectivity index (χ4v) is 1.92. The smallest absolute Gasteiger partial charge is 0.158 e. The van der Waals surface area contributed by atoms with E-state index < -0.39 is 0 Å². The zero-order chi connectivity index (χ0) is 14.1. The summed E-state index contributed by atoms with van der Waals surface area (Å²) in [7, 11) is 0. The summed E-state index contributed by atoms with van der Waals surface area (Å²) in [5.41, 5.74) is 2.09. The van der Waals surface area contributed by atoms with Crippen molar-refractivity contribution in [1.82, 2.24) is 15.0 Å². The highest BCUT2D eigenvalue weighted by atomic mass is 35.5. The molecule has 3 aromatic rings. The highest BCUT2D eigenvalue weighted by Gasteiger charge is 2.08. The average Bonchev–Trinajstić information content (AvgIpc) is 2.92. The Balaban J connectivity index is 1.97. The number of halogens is 1. The first kappa shape index (κ1) is 12.5. The van der Waals surface area contributed by atoms with E-state index in [0.717, 1.165) is 5.69 Å². The minimum Gasteiger partial charge on any atom is -0.504 e. The van der Waals surface area contributed by atoms with Crippen LogP contribution in [0.1, 0.15) is 0 Å². The summed E-state index contributed by atoms with van der Waals surface area (Å²) in [6.45, 7) is 0. The molecule has 2 N–H and O–H groups in total. The first-order valence-corrected chi connectivity index (χ1v) is 6.22. The van der Waals surface area contributed by atoms with Gasteiger partial charge in [0.2, 0.25) is 0 Å². The van der Waals surface area contributed by atoms with Crippen molar-refractivity contribution in [3.63, 3.8) is 0 Å². The Morgan fingerprint density at radius 1 is 0.950 bits per heavy atom. The number of aromatic nitrogens is 3. The van der Waals surface area contributed by atoms with Crippen molar-refractivity contribution < 1.29 is 10.2 Å². The molecular formula is C14H10ClN3O2. The van der Waals surface area contributed by atoms with Gasteiger partial charge in [0.05, 0.1) is 11.9 Å². The molecule has 20 heavy (non-hydrogen) atoms. The Morgan fingerprint density at radius 2 is 1.70 bits per heavy atom. The maximum absolute atomic E-state index is 9.50. The lowest BCUT2D eigenvalue weighted by atomic mass is 10.1. The molecule has 6 heteroatoms. The highest BCUT2D eigenvalue weighted by molar-refractivity contribution is 6.30. The van der Waals surface area contributed by atoms with Crippen LogP contribution in [0.4, 0.5) is 0 Å². The number of aromatic hydroxyl groups is 2. The lowest BCUT2D eigenvalue weighted by Crippen LogP contribution is -1.93. The highest BCUT2D eigenvalue weighted by Crippen LogP contribution is 2.29. The summed E-state index contributed by atoms with van der Waals surface area (Å²) in [5, 5.41) is 27.5. The summed E-state index contributed by atoms with van der Waals surface area (Å²) in [6, 6.07) is 11.7. The van der Waals surface area contributed by atoms with E-state index in [2.05, 4.69) is 10.3 Å². The van der Waals surface area contributed by atoms with Gasteiger partial charge < -0.3 is 10.2 Å². The second-order valence-electron chi connectivity index (χ2n) is 4.23. The summed E-state index contributed by atoms with van der Waals surface area (Å²) < 4.78 is 1.61. The standard InChI is InChI=1S/C14H10ClN3O2/c15-10-2-4-11(5-3-10)18-8-12(16-17-18)9-1-6-13(19)14(20)7-9/h1-8,19-20H. The number of benzene rings is 2. The normalized spacial score (nSPS) is 10.7. The monoisotopic (exact) mass is 287 g/mol. The number of rotatable bonds is 2. The third kappa shape index (κ3) is 2.31. The first-order valence-electron chi connectivity index (χ1n) is 5.84. The van der Waals surface area contributed by atoms with Gasteiger partial charge in [-0.25, -0.2) is 4.68 Å². The van der Waals surface area contributed by atoms with Gasteiger partial charge in [-0.15, -0.1) is 5.10 Å². The van der Waals surface area contributed by atoms with E-state index in [1.165, 1.54) is 12.1 Å². The van der Waals surface area contributed by atoms with Gasteiger partial charge in [0.25, 0.3) is 0 Å². The molecule has 5 nitrogen and oxygen atoms in total. The molecule has 0 radical (unpaired) electrons. The van der Waals surface area contributed by atoms with E-state index in [9.17, 15) is 10.2 Å². The van der Waals surface area contributed by atoms with Gasteiger partial charge in [-0.05, 0) is 42.5 Å². The molecule has 1 heterocycles. The molecule has 0 spiro atoms. The van der Waals surface area contributed by atoms with E-state index in [1.807, 2.05) is 12.1 Å². The molecule has 0 aliphatic heterocycles. The van der Waals surface area contributed by atoms with Crippen LogP contribution in [0.2, 0.25) is 5.02 Å². The van der Waals surface area contributed by atoms with Gasteiger partial charge in [-0.1, -0.05) is 16.8 Å². The van der Waals surface area contributed by atoms with Gasteiger partial charge in [-0.2, -0.15) is 0 Å². The summed E-state index contributed by atoms with van der Waals surface area (Å²) in [4.78, 5) is 0. The fraction of sp³-hybridized carbons (Fsp3) is 0. The third-order valence-electron chi connectivity index (χ3n) is 2.86. The number of phenolic OH excluding ortho intramolecular Hbond substituents is 2. The van der Waals surface area contributed by atoms with Crippen LogP contribution in [0.15, 0.2) is 48.7 Å². The maximum Gasteiger partial charge on any atom is 0.158 e. The maximum atomic E-state index is 9.50. The second-order valence-corrected chi connectivity index (χ2v) is 4.66. The lowest BCUT2D eigenvalue weighted by molar-refractivity contribution is 0.404. The van der Waals surface area contributed by atoms with E-state index in [4.69, 9.17) is 11.6 Å². The Bertz CT molecular complexity index is 753. The number of hydrogen-bond donors (Lipinski definition) is 2. The molecular weight excluding hydrogens is 278 g/mol. The molecule has 0 saturated heterocycles. The van der Waals surface area contributed by atoms with Gasteiger partial charge in [0, 0.05) is 10.6 Å². The lowest BCUT2D eigenvalue weighted by Gasteiger charge is -2.00. The topological polar surface area (TPSA) is 71.2 Å². The molecule has 0 unspecified atom stereocenters. The van der Waals surface area contributed by atoms with Crippen molar-refractivity contribution in [2.45, 2.75) is 0 Å². The third-order valence-corrected chi connectivity index (χ3v) is 3.11.